The Morgan fingerprint density at radius 1 is 1.30 bits per heavy atom. The molecule has 0 aliphatic heterocycles. The Bertz CT molecular complexity index is 510. The van der Waals surface area contributed by atoms with Crippen molar-refractivity contribution in [3.63, 3.8) is 0 Å². The van der Waals surface area contributed by atoms with Gasteiger partial charge in [0.25, 0.3) is 0 Å². The van der Waals surface area contributed by atoms with Crippen molar-refractivity contribution in [2.75, 3.05) is 27.3 Å². The van der Waals surface area contributed by atoms with Gasteiger partial charge in [-0.05, 0) is 38.5 Å². The van der Waals surface area contributed by atoms with Gasteiger partial charge in [0.2, 0.25) is 0 Å². The first-order valence-corrected chi connectivity index (χ1v) is 7.32. The molecule has 0 unspecified atom stereocenters. The maximum absolute atomic E-state index is 13.8. The zero-order valence-electron chi connectivity index (χ0n) is 14.4. The van der Waals surface area contributed by atoms with Gasteiger partial charge in [0.05, 0.1) is 12.2 Å². The molecule has 0 amide bonds. The number of methoxy groups -OCH3 is 1. The highest BCUT2D eigenvalue weighted by atomic mass is 127. The van der Waals surface area contributed by atoms with Crippen LogP contribution < -0.4 is 15.4 Å². The third-order valence-electron chi connectivity index (χ3n) is 3.21. The molecular weight excluding hydrogens is 412 g/mol. The average Bonchev–Trinajstić information content (AvgIpc) is 2.50. The summed E-state index contributed by atoms with van der Waals surface area (Å²) in [6.45, 7) is 7.31. The second kappa shape index (κ2) is 10.6. The molecule has 23 heavy (non-hydrogen) atoms. The number of ether oxygens (including phenoxy) is 2. The van der Waals surface area contributed by atoms with E-state index < -0.39 is 0 Å². The fraction of sp³-hybridized carbons (Fsp3) is 0.562. The van der Waals surface area contributed by atoms with Crippen molar-refractivity contribution in [2.45, 2.75) is 32.9 Å². The van der Waals surface area contributed by atoms with E-state index in [1.165, 1.54) is 6.07 Å². The Kier molecular flexibility index (Phi) is 10.1. The Labute approximate surface area is 155 Å². The molecular formula is C16H27FIN3O2. The van der Waals surface area contributed by atoms with E-state index in [0.29, 0.717) is 25.7 Å². The van der Waals surface area contributed by atoms with E-state index in [1.54, 1.807) is 20.2 Å². The normalized spacial score (nSPS) is 11.7. The van der Waals surface area contributed by atoms with Gasteiger partial charge < -0.3 is 20.1 Å². The van der Waals surface area contributed by atoms with Crippen LogP contribution in [-0.4, -0.2) is 38.9 Å². The summed E-state index contributed by atoms with van der Waals surface area (Å²) in [5.41, 5.74) is 0.526. The summed E-state index contributed by atoms with van der Waals surface area (Å²) in [6, 6.07) is 4.93. The molecule has 0 aromatic heterocycles. The summed E-state index contributed by atoms with van der Waals surface area (Å²) in [4.78, 5) is 4.13. The van der Waals surface area contributed by atoms with Crippen LogP contribution in [0.1, 0.15) is 26.3 Å². The van der Waals surface area contributed by atoms with E-state index in [2.05, 4.69) is 15.6 Å². The summed E-state index contributed by atoms with van der Waals surface area (Å²) in [7, 11) is 3.36. The third kappa shape index (κ3) is 7.83. The number of hydrogen-bond donors (Lipinski definition) is 2. The topological polar surface area (TPSA) is 54.9 Å². The first kappa shape index (κ1) is 21.9. The average molecular weight is 439 g/mol. The molecule has 0 radical (unpaired) electrons. The quantitative estimate of drug-likeness (QED) is 0.390. The van der Waals surface area contributed by atoms with Gasteiger partial charge in [0.1, 0.15) is 0 Å². The molecule has 0 fully saturated rings. The van der Waals surface area contributed by atoms with Crippen LogP contribution in [0.5, 0.6) is 5.75 Å². The summed E-state index contributed by atoms with van der Waals surface area (Å²) in [5, 5.41) is 6.31. The molecule has 1 rings (SSSR count). The molecule has 0 spiro atoms. The summed E-state index contributed by atoms with van der Waals surface area (Å²) >= 11 is 0. The number of nitrogens with zero attached hydrogens (tertiary/aromatic N) is 1. The van der Waals surface area contributed by atoms with E-state index in [1.807, 2.05) is 26.8 Å². The molecule has 0 aliphatic rings. The SMILES string of the molecule is CCOc1ccc(CNC(=NC)NCC(C)(C)OC)cc1F.I. The molecule has 1 aromatic carbocycles. The number of nitrogens with one attached hydrogen (secondary N) is 2. The second-order valence-corrected chi connectivity index (χ2v) is 5.44. The largest absolute Gasteiger partial charge is 0.491 e. The van der Waals surface area contributed by atoms with E-state index in [0.717, 1.165) is 5.56 Å². The van der Waals surface area contributed by atoms with Crippen molar-refractivity contribution >= 4 is 29.9 Å². The maximum atomic E-state index is 13.8. The maximum Gasteiger partial charge on any atom is 0.191 e. The minimum absolute atomic E-state index is 0. The lowest BCUT2D eigenvalue weighted by Crippen LogP contribution is -2.45. The van der Waals surface area contributed by atoms with Crippen molar-refractivity contribution in [2.24, 2.45) is 4.99 Å². The zero-order chi connectivity index (χ0) is 16.6. The fourth-order valence-corrected chi connectivity index (χ4v) is 1.70. The van der Waals surface area contributed by atoms with E-state index in [9.17, 15) is 4.39 Å². The molecule has 0 bridgehead atoms. The number of halogens is 2. The summed E-state index contributed by atoms with van der Waals surface area (Å²) in [6.07, 6.45) is 0. The molecule has 0 saturated carbocycles. The van der Waals surface area contributed by atoms with E-state index in [-0.39, 0.29) is 41.1 Å². The second-order valence-electron chi connectivity index (χ2n) is 5.44. The lowest BCUT2D eigenvalue weighted by Gasteiger charge is -2.24. The van der Waals surface area contributed by atoms with Crippen LogP contribution in [0, 0.1) is 5.82 Å². The molecule has 0 aliphatic carbocycles. The molecule has 0 saturated heterocycles. The Balaban J connectivity index is 0.00000484. The standard InChI is InChI=1S/C16H26FN3O2.HI/c1-6-22-14-8-7-12(9-13(14)17)10-19-15(18-4)20-11-16(2,3)21-5;/h7-9H,6,10-11H2,1-5H3,(H2,18,19,20);1H. The van der Waals surface area contributed by atoms with Gasteiger partial charge in [0, 0.05) is 27.2 Å². The minimum Gasteiger partial charge on any atom is -0.491 e. The van der Waals surface area contributed by atoms with Crippen LogP contribution in [0.2, 0.25) is 0 Å². The highest BCUT2D eigenvalue weighted by molar-refractivity contribution is 14.0. The molecule has 2 N–H and O–H groups in total. The number of guanidine groups is 1. The zero-order valence-corrected chi connectivity index (χ0v) is 16.7. The van der Waals surface area contributed by atoms with Crippen molar-refractivity contribution in [3.8, 4) is 5.75 Å². The lowest BCUT2D eigenvalue weighted by atomic mass is 10.1. The molecule has 1 aromatic rings. The van der Waals surface area contributed by atoms with Crippen molar-refractivity contribution < 1.29 is 13.9 Å². The van der Waals surface area contributed by atoms with Crippen molar-refractivity contribution in [3.05, 3.63) is 29.6 Å². The Morgan fingerprint density at radius 2 is 2.00 bits per heavy atom. The number of rotatable bonds is 7. The van der Waals surface area contributed by atoms with Crippen molar-refractivity contribution in [1.29, 1.82) is 0 Å². The monoisotopic (exact) mass is 439 g/mol. The van der Waals surface area contributed by atoms with Gasteiger partial charge >= 0.3 is 0 Å². The lowest BCUT2D eigenvalue weighted by molar-refractivity contribution is 0.0268. The predicted octanol–water partition coefficient (Wildman–Crippen LogP) is 2.93. The van der Waals surface area contributed by atoms with Crippen LogP contribution in [0.15, 0.2) is 23.2 Å². The Hall–Kier alpha value is -1.09. The van der Waals surface area contributed by atoms with Crippen LogP contribution in [0.3, 0.4) is 0 Å². The third-order valence-corrected chi connectivity index (χ3v) is 3.21. The van der Waals surface area contributed by atoms with Gasteiger partial charge in [0.15, 0.2) is 17.5 Å². The van der Waals surface area contributed by atoms with Crippen LogP contribution in [0.4, 0.5) is 4.39 Å². The van der Waals surface area contributed by atoms with Gasteiger partial charge in [-0.15, -0.1) is 24.0 Å². The van der Waals surface area contributed by atoms with Crippen LogP contribution in [-0.2, 0) is 11.3 Å². The Morgan fingerprint density at radius 3 is 2.52 bits per heavy atom. The van der Waals surface area contributed by atoms with Crippen LogP contribution in [0.25, 0.3) is 0 Å². The van der Waals surface area contributed by atoms with Gasteiger partial charge in [-0.25, -0.2) is 4.39 Å². The molecule has 0 atom stereocenters. The van der Waals surface area contributed by atoms with Gasteiger partial charge in [-0.2, -0.15) is 0 Å². The molecule has 5 nitrogen and oxygen atoms in total. The molecule has 0 heterocycles. The fourth-order valence-electron chi connectivity index (χ4n) is 1.70. The number of benzene rings is 1. The predicted molar refractivity (Wildman–Crippen MR) is 102 cm³/mol. The van der Waals surface area contributed by atoms with Crippen molar-refractivity contribution in [1.82, 2.24) is 10.6 Å². The first-order valence-electron chi connectivity index (χ1n) is 7.32. The molecule has 132 valence electrons. The van der Waals surface area contributed by atoms with E-state index in [4.69, 9.17) is 9.47 Å². The number of hydrogen-bond acceptors (Lipinski definition) is 3. The minimum atomic E-state index is -0.357. The first-order chi connectivity index (χ1) is 10.4. The number of aliphatic imine (C=N–C) groups is 1. The summed E-state index contributed by atoms with van der Waals surface area (Å²) < 4.78 is 24.3. The van der Waals surface area contributed by atoms with E-state index >= 15 is 0 Å². The summed E-state index contributed by atoms with van der Waals surface area (Å²) in [5.74, 6) is 0.555. The highest BCUT2D eigenvalue weighted by Gasteiger charge is 2.16. The van der Waals surface area contributed by atoms with Crippen LogP contribution >= 0.6 is 24.0 Å². The smallest absolute Gasteiger partial charge is 0.191 e. The highest BCUT2D eigenvalue weighted by Crippen LogP contribution is 2.18. The van der Waals surface area contributed by atoms with Gasteiger partial charge in [-0.3, -0.25) is 4.99 Å². The molecule has 7 heteroatoms. The van der Waals surface area contributed by atoms with Gasteiger partial charge in [-0.1, -0.05) is 6.07 Å².